The number of rotatable bonds is 6. The quantitative estimate of drug-likeness (QED) is 0.413. The molecule has 1 heterocycles. The highest BCUT2D eigenvalue weighted by Crippen LogP contribution is 2.31. The second-order valence-electron chi connectivity index (χ2n) is 5.29. The summed E-state index contributed by atoms with van der Waals surface area (Å²) in [7, 11) is 3.36. The Balaban J connectivity index is 0. The maximum atomic E-state index is 13.2. The number of nitrogens with zero attached hydrogens (tertiary/aromatic N) is 3. The van der Waals surface area contributed by atoms with Gasteiger partial charge in [-0.1, -0.05) is 55.4 Å². The molecule has 5 nitrogen and oxygen atoms in total. The lowest BCUT2D eigenvalue weighted by Crippen LogP contribution is -2.15. The first-order valence-electron chi connectivity index (χ1n) is 10.2. The van der Waals surface area contributed by atoms with E-state index >= 15 is 0 Å². The molecule has 2 aromatic rings. The Morgan fingerprint density at radius 3 is 1.97 bits per heavy atom. The summed E-state index contributed by atoms with van der Waals surface area (Å²) in [5.74, 6) is 0.265. The smallest absolute Gasteiger partial charge is 0.237 e. The molecule has 0 spiro atoms. The van der Waals surface area contributed by atoms with Crippen LogP contribution in [0.3, 0.4) is 0 Å². The minimum absolute atomic E-state index is 0.110. The van der Waals surface area contributed by atoms with Gasteiger partial charge in [0.15, 0.2) is 0 Å². The Morgan fingerprint density at radius 1 is 1.03 bits per heavy atom. The standard InChI is InChI=1S/C16H20FN3O2S.3C2H6/c1-10(2)14-13(9-21)15(11-5-7-12(17)8-6-11)19-16(18-14)20(3)23-22-4;3*1-2/h5-8,10,21H,9H2,1-4H3;3*1-2H3. The molecule has 2 rings (SSSR count). The molecule has 1 aromatic heterocycles. The number of aliphatic hydroxyl groups excluding tert-OH is 1. The van der Waals surface area contributed by atoms with E-state index in [-0.39, 0.29) is 18.3 Å². The molecule has 0 aliphatic rings. The molecule has 7 heteroatoms. The average molecular weight is 428 g/mol. The Morgan fingerprint density at radius 2 is 1.55 bits per heavy atom. The van der Waals surface area contributed by atoms with Crippen LogP contribution < -0.4 is 4.31 Å². The lowest BCUT2D eigenvalue weighted by molar-refractivity contribution is 0.279. The van der Waals surface area contributed by atoms with Crippen LogP contribution in [0.4, 0.5) is 10.3 Å². The molecule has 29 heavy (non-hydrogen) atoms. The first-order valence-corrected chi connectivity index (χ1v) is 10.9. The zero-order chi connectivity index (χ0) is 23.0. The summed E-state index contributed by atoms with van der Waals surface area (Å²) in [5.41, 5.74) is 2.76. The maximum Gasteiger partial charge on any atom is 0.237 e. The zero-order valence-corrected chi connectivity index (χ0v) is 20.4. The molecule has 0 saturated carbocycles. The van der Waals surface area contributed by atoms with Gasteiger partial charge in [0, 0.05) is 18.2 Å². The number of halogens is 1. The minimum Gasteiger partial charge on any atom is -0.392 e. The molecular weight excluding hydrogens is 389 g/mol. The topological polar surface area (TPSA) is 58.5 Å². The summed E-state index contributed by atoms with van der Waals surface area (Å²) >= 11 is 1.11. The largest absolute Gasteiger partial charge is 0.392 e. The van der Waals surface area contributed by atoms with E-state index in [1.807, 2.05) is 55.4 Å². The van der Waals surface area contributed by atoms with Crippen molar-refractivity contribution < 1.29 is 13.7 Å². The summed E-state index contributed by atoms with van der Waals surface area (Å²) < 4.78 is 19.9. The van der Waals surface area contributed by atoms with Crippen molar-refractivity contribution in [3.8, 4) is 11.3 Å². The van der Waals surface area contributed by atoms with Crippen LogP contribution in [0, 0.1) is 5.82 Å². The number of aromatic nitrogens is 2. The van der Waals surface area contributed by atoms with Crippen molar-refractivity contribution >= 4 is 18.2 Å². The number of hydrogen-bond acceptors (Lipinski definition) is 6. The van der Waals surface area contributed by atoms with Crippen molar-refractivity contribution in [3.05, 3.63) is 41.3 Å². The van der Waals surface area contributed by atoms with Crippen molar-refractivity contribution in [1.29, 1.82) is 0 Å². The maximum absolute atomic E-state index is 13.2. The molecule has 0 aliphatic heterocycles. The van der Waals surface area contributed by atoms with Crippen LogP contribution >= 0.6 is 12.2 Å². The van der Waals surface area contributed by atoms with E-state index in [0.717, 1.165) is 23.5 Å². The summed E-state index contributed by atoms with van der Waals surface area (Å²) in [5, 5.41) is 9.80. The van der Waals surface area contributed by atoms with Crippen molar-refractivity contribution in [2.24, 2.45) is 0 Å². The van der Waals surface area contributed by atoms with Crippen LogP contribution in [0.2, 0.25) is 0 Å². The van der Waals surface area contributed by atoms with Gasteiger partial charge in [0.25, 0.3) is 0 Å². The van der Waals surface area contributed by atoms with E-state index in [0.29, 0.717) is 17.2 Å². The molecule has 166 valence electrons. The molecule has 0 unspecified atom stereocenters. The summed E-state index contributed by atoms with van der Waals surface area (Å²) in [6.07, 6.45) is 0. The lowest BCUT2D eigenvalue weighted by atomic mass is 9.99. The van der Waals surface area contributed by atoms with Gasteiger partial charge in [0.1, 0.15) is 18.0 Å². The molecule has 0 radical (unpaired) electrons. The van der Waals surface area contributed by atoms with Gasteiger partial charge in [0.2, 0.25) is 5.95 Å². The summed E-state index contributed by atoms with van der Waals surface area (Å²) in [4.78, 5) is 9.08. The predicted molar refractivity (Wildman–Crippen MR) is 124 cm³/mol. The van der Waals surface area contributed by atoms with E-state index in [9.17, 15) is 9.50 Å². The van der Waals surface area contributed by atoms with E-state index in [4.69, 9.17) is 4.18 Å². The van der Waals surface area contributed by atoms with Crippen molar-refractivity contribution in [3.63, 3.8) is 0 Å². The number of hydrogen-bond donors (Lipinski definition) is 1. The molecule has 0 atom stereocenters. The highest BCUT2D eigenvalue weighted by atomic mass is 32.2. The van der Waals surface area contributed by atoms with E-state index in [2.05, 4.69) is 9.97 Å². The molecule has 0 aliphatic carbocycles. The van der Waals surface area contributed by atoms with Gasteiger partial charge in [-0.2, -0.15) is 0 Å². The lowest BCUT2D eigenvalue weighted by Gasteiger charge is -2.20. The Hall–Kier alpha value is -1.70. The number of anilines is 1. The molecule has 1 N–H and O–H groups in total. The van der Waals surface area contributed by atoms with Crippen molar-refractivity contribution in [2.75, 3.05) is 18.5 Å². The Labute approximate surface area is 181 Å². The first kappa shape index (κ1) is 29.5. The van der Waals surface area contributed by atoms with Gasteiger partial charge >= 0.3 is 0 Å². The van der Waals surface area contributed by atoms with Gasteiger partial charge in [-0.15, -0.1) is 0 Å². The second kappa shape index (κ2) is 17.2. The van der Waals surface area contributed by atoms with Crippen LogP contribution in [-0.4, -0.2) is 29.2 Å². The van der Waals surface area contributed by atoms with E-state index in [1.54, 1.807) is 30.6 Å². The third-order valence-electron chi connectivity index (χ3n) is 3.32. The minimum atomic E-state index is -0.315. The van der Waals surface area contributed by atoms with Crippen LogP contribution in [0.15, 0.2) is 24.3 Å². The van der Waals surface area contributed by atoms with Gasteiger partial charge < -0.3 is 5.11 Å². The monoisotopic (exact) mass is 427 g/mol. The third-order valence-corrected chi connectivity index (χ3v) is 3.85. The Bertz CT molecular complexity index is 668. The fraction of sp³-hybridized carbons (Fsp3) is 0.545. The molecule has 0 saturated heterocycles. The second-order valence-corrected chi connectivity index (χ2v) is 6.32. The van der Waals surface area contributed by atoms with Crippen LogP contribution in [0.1, 0.15) is 72.6 Å². The van der Waals surface area contributed by atoms with E-state index < -0.39 is 0 Å². The van der Waals surface area contributed by atoms with Gasteiger partial charge in [0.05, 0.1) is 25.1 Å². The highest BCUT2D eigenvalue weighted by molar-refractivity contribution is 7.96. The molecule has 1 aromatic carbocycles. The summed E-state index contributed by atoms with van der Waals surface area (Å²) in [6.45, 7) is 15.8. The molecule has 0 amide bonds. The zero-order valence-electron chi connectivity index (χ0n) is 19.6. The SMILES string of the molecule is CC.CC.CC.COSN(C)c1nc(-c2ccc(F)cc2)c(CO)c(C(C)C)n1. The number of benzene rings is 1. The molecule has 0 fully saturated rings. The van der Waals surface area contributed by atoms with Crippen LogP contribution in [-0.2, 0) is 10.8 Å². The predicted octanol–water partition coefficient (Wildman–Crippen LogP) is 6.62. The third kappa shape index (κ3) is 9.10. The van der Waals surface area contributed by atoms with E-state index in [1.165, 1.54) is 12.1 Å². The van der Waals surface area contributed by atoms with Crippen LogP contribution in [0.5, 0.6) is 0 Å². The Kier molecular flexibility index (Phi) is 17.5. The van der Waals surface area contributed by atoms with Crippen molar-refractivity contribution in [1.82, 2.24) is 9.97 Å². The molecule has 0 bridgehead atoms. The average Bonchev–Trinajstić information content (AvgIpc) is 2.77. The van der Waals surface area contributed by atoms with Gasteiger partial charge in [-0.25, -0.2) is 14.4 Å². The normalized spacial score (nSPS) is 9.41. The molecular formula is C22H38FN3O2S. The fourth-order valence-electron chi connectivity index (χ4n) is 2.25. The summed E-state index contributed by atoms with van der Waals surface area (Å²) in [6, 6.07) is 6.05. The van der Waals surface area contributed by atoms with Crippen molar-refractivity contribution in [2.45, 2.75) is 67.9 Å². The first-order chi connectivity index (χ1) is 14.0. The highest BCUT2D eigenvalue weighted by Gasteiger charge is 2.19. The number of aliphatic hydroxyl groups is 1. The fourth-order valence-corrected chi connectivity index (χ4v) is 2.63. The van der Waals surface area contributed by atoms with Crippen LogP contribution in [0.25, 0.3) is 11.3 Å². The van der Waals surface area contributed by atoms with Gasteiger partial charge in [-0.3, -0.25) is 8.49 Å². The van der Waals surface area contributed by atoms with Gasteiger partial charge in [-0.05, 0) is 30.2 Å².